The molecule has 0 aliphatic carbocycles. The quantitative estimate of drug-likeness (QED) is 0.582. The lowest BCUT2D eigenvalue weighted by atomic mass is 10.1. The highest BCUT2D eigenvalue weighted by atomic mass is 16.5. The van der Waals surface area contributed by atoms with Crippen LogP contribution < -0.4 is 15.5 Å². The van der Waals surface area contributed by atoms with E-state index in [0.717, 1.165) is 42.7 Å². The summed E-state index contributed by atoms with van der Waals surface area (Å²) in [6.07, 6.45) is 5.14. The van der Waals surface area contributed by atoms with E-state index < -0.39 is 6.09 Å². The minimum atomic E-state index is -0.496. The smallest absolute Gasteiger partial charge is 0.407 e. The first kappa shape index (κ1) is 21.4. The Morgan fingerprint density at radius 1 is 0.938 bits per heavy atom. The average Bonchev–Trinajstić information content (AvgIpc) is 3.38. The number of aromatic nitrogens is 1. The monoisotopic (exact) mass is 430 g/mol. The Labute approximate surface area is 187 Å². The molecule has 2 N–H and O–H groups in total. The number of pyridine rings is 1. The van der Waals surface area contributed by atoms with E-state index in [1.54, 1.807) is 18.5 Å². The molecule has 2 heterocycles. The number of alkyl carbamates (subject to hydrolysis) is 1. The molecule has 1 fully saturated rings. The number of nitrogens with one attached hydrogen (secondary N) is 2. The highest BCUT2D eigenvalue weighted by Crippen LogP contribution is 2.25. The maximum absolute atomic E-state index is 12.9. The second-order valence-electron chi connectivity index (χ2n) is 7.65. The van der Waals surface area contributed by atoms with Crippen LogP contribution in [0.5, 0.6) is 0 Å². The summed E-state index contributed by atoms with van der Waals surface area (Å²) in [6, 6.07) is 18.7. The van der Waals surface area contributed by atoms with Gasteiger partial charge in [-0.25, -0.2) is 4.79 Å². The standard InChI is InChI=1S/C25H26N4O3/c30-24(22-7-1-2-8-23(22)29-14-3-4-15-29)28-21-11-9-19(10-12-21)17-27-25(31)32-18-20-6-5-13-26-16-20/h1-2,5-13,16H,3-4,14-15,17-18H2,(H,27,31)(H,28,30). The van der Waals surface area contributed by atoms with Crippen LogP contribution in [0.25, 0.3) is 0 Å². The molecule has 164 valence electrons. The first-order valence-electron chi connectivity index (χ1n) is 10.7. The number of benzene rings is 2. The van der Waals surface area contributed by atoms with E-state index in [1.165, 1.54) is 0 Å². The van der Waals surface area contributed by atoms with Crippen LogP contribution in [0.3, 0.4) is 0 Å². The Bertz CT molecular complexity index is 1050. The molecule has 7 heteroatoms. The van der Waals surface area contributed by atoms with E-state index in [1.807, 2.05) is 54.6 Å². The number of anilines is 2. The lowest BCUT2D eigenvalue weighted by Gasteiger charge is -2.21. The van der Waals surface area contributed by atoms with Gasteiger partial charge in [-0.2, -0.15) is 0 Å². The van der Waals surface area contributed by atoms with Gasteiger partial charge in [0.05, 0.1) is 5.56 Å². The fraction of sp³-hybridized carbons (Fsp3) is 0.240. The molecule has 0 spiro atoms. The lowest BCUT2D eigenvalue weighted by Crippen LogP contribution is -2.23. The number of para-hydroxylation sites is 1. The summed E-state index contributed by atoms with van der Waals surface area (Å²) in [4.78, 5) is 31.0. The molecule has 1 aliphatic heterocycles. The van der Waals surface area contributed by atoms with E-state index in [0.29, 0.717) is 17.8 Å². The molecule has 2 aromatic carbocycles. The number of nitrogens with zero attached hydrogens (tertiary/aromatic N) is 2. The van der Waals surface area contributed by atoms with Crippen molar-refractivity contribution in [3.63, 3.8) is 0 Å². The van der Waals surface area contributed by atoms with Gasteiger partial charge >= 0.3 is 6.09 Å². The number of hydrogen-bond acceptors (Lipinski definition) is 5. The van der Waals surface area contributed by atoms with Crippen LogP contribution in [0.1, 0.15) is 34.3 Å². The highest BCUT2D eigenvalue weighted by Gasteiger charge is 2.19. The van der Waals surface area contributed by atoms with Crippen molar-refractivity contribution in [2.45, 2.75) is 26.0 Å². The lowest BCUT2D eigenvalue weighted by molar-refractivity contribution is 0.102. The molecule has 1 aliphatic rings. The van der Waals surface area contributed by atoms with E-state index >= 15 is 0 Å². The number of carbonyl (C=O) groups is 2. The van der Waals surface area contributed by atoms with Gasteiger partial charge in [0, 0.05) is 49.0 Å². The summed E-state index contributed by atoms with van der Waals surface area (Å²) < 4.78 is 5.18. The minimum absolute atomic E-state index is 0.127. The second kappa shape index (κ2) is 10.4. The zero-order valence-electron chi connectivity index (χ0n) is 17.8. The average molecular weight is 431 g/mol. The summed E-state index contributed by atoms with van der Waals surface area (Å²) in [7, 11) is 0. The van der Waals surface area contributed by atoms with Crippen molar-refractivity contribution in [1.82, 2.24) is 10.3 Å². The van der Waals surface area contributed by atoms with Crippen molar-refractivity contribution in [1.29, 1.82) is 0 Å². The predicted octanol–water partition coefficient (Wildman–Crippen LogP) is 4.36. The molecule has 0 saturated carbocycles. The molecule has 0 unspecified atom stereocenters. The van der Waals surface area contributed by atoms with Crippen molar-refractivity contribution in [2.75, 3.05) is 23.3 Å². The third-order valence-corrected chi connectivity index (χ3v) is 5.34. The number of rotatable bonds is 7. The number of amides is 2. The largest absolute Gasteiger partial charge is 0.445 e. The molecule has 0 bridgehead atoms. The van der Waals surface area contributed by atoms with Gasteiger partial charge in [0.25, 0.3) is 5.91 Å². The summed E-state index contributed by atoms with van der Waals surface area (Å²) in [5.41, 5.74) is 4.09. The maximum Gasteiger partial charge on any atom is 0.407 e. The van der Waals surface area contributed by atoms with Gasteiger partial charge in [-0.3, -0.25) is 9.78 Å². The summed E-state index contributed by atoms with van der Waals surface area (Å²) in [6.45, 7) is 2.47. The van der Waals surface area contributed by atoms with Crippen LogP contribution in [-0.4, -0.2) is 30.1 Å². The SMILES string of the molecule is O=C(NCc1ccc(NC(=O)c2ccccc2N2CCCC2)cc1)OCc1cccnc1. The molecule has 1 saturated heterocycles. The van der Waals surface area contributed by atoms with E-state index in [-0.39, 0.29) is 12.5 Å². The van der Waals surface area contributed by atoms with Crippen LogP contribution >= 0.6 is 0 Å². The van der Waals surface area contributed by atoms with E-state index in [9.17, 15) is 9.59 Å². The van der Waals surface area contributed by atoms with Gasteiger partial charge in [-0.05, 0) is 48.7 Å². The van der Waals surface area contributed by atoms with Crippen molar-refractivity contribution in [3.8, 4) is 0 Å². The Morgan fingerprint density at radius 2 is 1.72 bits per heavy atom. The molecule has 7 nitrogen and oxygen atoms in total. The predicted molar refractivity (Wildman–Crippen MR) is 124 cm³/mol. The Morgan fingerprint density at radius 3 is 2.47 bits per heavy atom. The van der Waals surface area contributed by atoms with Crippen molar-refractivity contribution in [3.05, 3.63) is 89.7 Å². The van der Waals surface area contributed by atoms with E-state index in [4.69, 9.17) is 4.74 Å². The van der Waals surface area contributed by atoms with Crippen LogP contribution in [0.4, 0.5) is 16.2 Å². The molecule has 2 amide bonds. The molecular weight excluding hydrogens is 404 g/mol. The Balaban J connectivity index is 1.28. The first-order valence-corrected chi connectivity index (χ1v) is 10.7. The maximum atomic E-state index is 12.9. The molecule has 32 heavy (non-hydrogen) atoms. The Kier molecular flexibility index (Phi) is 6.97. The highest BCUT2D eigenvalue weighted by molar-refractivity contribution is 6.08. The first-order chi connectivity index (χ1) is 15.7. The number of ether oxygens (including phenoxy) is 1. The molecule has 4 rings (SSSR count). The van der Waals surface area contributed by atoms with Gasteiger partial charge in [0.1, 0.15) is 6.61 Å². The summed E-state index contributed by atoms with van der Waals surface area (Å²) >= 11 is 0. The second-order valence-corrected chi connectivity index (χ2v) is 7.65. The molecule has 3 aromatic rings. The zero-order valence-corrected chi connectivity index (χ0v) is 17.8. The van der Waals surface area contributed by atoms with Crippen LogP contribution in [-0.2, 0) is 17.9 Å². The van der Waals surface area contributed by atoms with Gasteiger partial charge in [0.15, 0.2) is 0 Å². The minimum Gasteiger partial charge on any atom is -0.445 e. The molecule has 1 aromatic heterocycles. The van der Waals surface area contributed by atoms with Gasteiger partial charge in [0.2, 0.25) is 0 Å². The Hall–Kier alpha value is -3.87. The van der Waals surface area contributed by atoms with Crippen LogP contribution in [0.15, 0.2) is 73.1 Å². The third kappa shape index (κ3) is 5.63. The fourth-order valence-electron chi connectivity index (χ4n) is 3.66. The summed E-state index contributed by atoms with van der Waals surface area (Å²) in [5, 5.41) is 5.69. The molecular formula is C25H26N4O3. The third-order valence-electron chi connectivity index (χ3n) is 5.34. The van der Waals surface area contributed by atoms with Crippen LogP contribution in [0, 0.1) is 0 Å². The zero-order chi connectivity index (χ0) is 22.2. The summed E-state index contributed by atoms with van der Waals surface area (Å²) in [5.74, 6) is -0.127. The van der Waals surface area contributed by atoms with Gasteiger partial charge in [-0.1, -0.05) is 30.3 Å². The van der Waals surface area contributed by atoms with E-state index in [2.05, 4.69) is 20.5 Å². The van der Waals surface area contributed by atoms with Crippen molar-refractivity contribution >= 4 is 23.4 Å². The van der Waals surface area contributed by atoms with Gasteiger partial charge < -0.3 is 20.3 Å². The molecule has 0 atom stereocenters. The number of carbonyl (C=O) groups excluding carboxylic acids is 2. The number of hydrogen-bond donors (Lipinski definition) is 2. The molecule has 0 radical (unpaired) electrons. The topological polar surface area (TPSA) is 83.6 Å². The van der Waals surface area contributed by atoms with Crippen LogP contribution in [0.2, 0.25) is 0 Å². The van der Waals surface area contributed by atoms with Crippen molar-refractivity contribution in [2.24, 2.45) is 0 Å². The van der Waals surface area contributed by atoms with Gasteiger partial charge in [-0.15, -0.1) is 0 Å². The normalized spacial score (nSPS) is 12.9. The van der Waals surface area contributed by atoms with Crippen molar-refractivity contribution < 1.29 is 14.3 Å². The fourth-order valence-corrected chi connectivity index (χ4v) is 3.66.